The third-order valence-corrected chi connectivity index (χ3v) is 4.98. The van der Waals surface area contributed by atoms with Crippen LogP contribution in [0.5, 0.6) is 17.2 Å². The number of hydrogen-bond donors (Lipinski definition) is 0. The second kappa shape index (κ2) is 9.35. The molecule has 2 aromatic carbocycles. The van der Waals surface area contributed by atoms with Crippen molar-refractivity contribution in [3.05, 3.63) is 54.2 Å². The summed E-state index contributed by atoms with van der Waals surface area (Å²) in [6.45, 7) is 5.15. The van der Waals surface area contributed by atoms with Gasteiger partial charge in [-0.15, -0.1) is 0 Å². The second-order valence-electron chi connectivity index (χ2n) is 6.57. The number of amides is 1. The zero-order chi connectivity index (χ0) is 21.7. The summed E-state index contributed by atoms with van der Waals surface area (Å²) in [5.41, 5.74) is 2.67. The SMILES string of the molecule is CCN(CC)C(=O)c1cc(-c2ccc(OC)cc2OC)nn1-c1ccc(OC)cc1. The largest absolute Gasteiger partial charge is 0.497 e. The molecule has 0 radical (unpaired) electrons. The highest BCUT2D eigenvalue weighted by Gasteiger charge is 2.22. The van der Waals surface area contributed by atoms with Crippen molar-refractivity contribution in [3.8, 4) is 34.2 Å². The van der Waals surface area contributed by atoms with Crippen LogP contribution in [0, 0.1) is 0 Å². The van der Waals surface area contributed by atoms with E-state index in [1.165, 1.54) is 0 Å². The number of benzene rings is 2. The van der Waals surface area contributed by atoms with Crippen LogP contribution in [-0.4, -0.2) is 55.0 Å². The van der Waals surface area contributed by atoms with E-state index in [0.717, 1.165) is 17.0 Å². The van der Waals surface area contributed by atoms with Gasteiger partial charge in [0.15, 0.2) is 0 Å². The molecule has 0 bridgehead atoms. The first-order chi connectivity index (χ1) is 14.6. The van der Waals surface area contributed by atoms with Crippen LogP contribution in [0.2, 0.25) is 0 Å². The van der Waals surface area contributed by atoms with Gasteiger partial charge >= 0.3 is 0 Å². The van der Waals surface area contributed by atoms with Gasteiger partial charge in [0.1, 0.15) is 22.9 Å². The predicted molar refractivity (Wildman–Crippen MR) is 116 cm³/mol. The van der Waals surface area contributed by atoms with E-state index in [9.17, 15) is 4.79 Å². The molecule has 0 aliphatic heterocycles. The van der Waals surface area contributed by atoms with Crippen LogP contribution in [0.4, 0.5) is 0 Å². The molecule has 1 amide bonds. The van der Waals surface area contributed by atoms with Crippen molar-refractivity contribution in [2.24, 2.45) is 0 Å². The lowest BCUT2D eigenvalue weighted by Gasteiger charge is -2.19. The van der Waals surface area contributed by atoms with Crippen LogP contribution >= 0.6 is 0 Å². The zero-order valence-electron chi connectivity index (χ0n) is 18.0. The molecule has 3 rings (SSSR count). The summed E-state index contributed by atoms with van der Waals surface area (Å²) in [5.74, 6) is 1.96. The molecule has 0 unspecified atom stereocenters. The molecule has 0 spiro atoms. The van der Waals surface area contributed by atoms with Crippen molar-refractivity contribution in [2.75, 3.05) is 34.4 Å². The smallest absolute Gasteiger partial charge is 0.272 e. The third kappa shape index (κ3) is 4.10. The Labute approximate surface area is 176 Å². The first kappa shape index (κ1) is 21.2. The van der Waals surface area contributed by atoms with Crippen molar-refractivity contribution >= 4 is 5.91 Å². The molecule has 0 atom stereocenters. The van der Waals surface area contributed by atoms with Gasteiger partial charge in [-0.1, -0.05) is 0 Å². The average molecular weight is 409 g/mol. The Kier molecular flexibility index (Phi) is 6.61. The number of carbonyl (C=O) groups excluding carboxylic acids is 1. The van der Waals surface area contributed by atoms with Crippen molar-refractivity contribution in [1.29, 1.82) is 0 Å². The van der Waals surface area contributed by atoms with Crippen LogP contribution in [0.3, 0.4) is 0 Å². The summed E-state index contributed by atoms with van der Waals surface area (Å²) >= 11 is 0. The standard InChI is InChI=1S/C23H27N3O4/c1-6-25(7-2)23(27)21-15-20(19-13-12-18(29-4)14-22(19)30-5)24-26(21)16-8-10-17(28-3)11-9-16/h8-15H,6-7H2,1-5H3. The van der Waals surface area contributed by atoms with Gasteiger partial charge in [0.05, 0.1) is 32.7 Å². The Morgan fingerprint density at radius 2 is 1.53 bits per heavy atom. The molecule has 0 aliphatic rings. The summed E-state index contributed by atoms with van der Waals surface area (Å²) < 4.78 is 17.7. The van der Waals surface area contributed by atoms with Gasteiger partial charge in [0.2, 0.25) is 0 Å². The minimum Gasteiger partial charge on any atom is -0.497 e. The van der Waals surface area contributed by atoms with Crippen LogP contribution in [0.15, 0.2) is 48.5 Å². The fourth-order valence-corrected chi connectivity index (χ4v) is 3.27. The highest BCUT2D eigenvalue weighted by molar-refractivity contribution is 5.94. The van der Waals surface area contributed by atoms with Gasteiger partial charge in [0, 0.05) is 24.7 Å². The molecule has 0 fully saturated rings. The summed E-state index contributed by atoms with van der Waals surface area (Å²) in [5, 5.41) is 4.75. The van der Waals surface area contributed by atoms with Crippen LogP contribution in [-0.2, 0) is 0 Å². The van der Waals surface area contributed by atoms with E-state index in [0.29, 0.717) is 36.0 Å². The molecule has 0 aliphatic carbocycles. The molecular formula is C23H27N3O4. The first-order valence-electron chi connectivity index (χ1n) is 9.82. The summed E-state index contributed by atoms with van der Waals surface area (Å²) in [6, 6.07) is 14.8. The van der Waals surface area contributed by atoms with Crippen LogP contribution < -0.4 is 14.2 Å². The highest BCUT2D eigenvalue weighted by atomic mass is 16.5. The lowest BCUT2D eigenvalue weighted by molar-refractivity contribution is 0.0764. The number of rotatable bonds is 8. The van der Waals surface area contributed by atoms with Gasteiger partial charge < -0.3 is 19.1 Å². The minimum absolute atomic E-state index is 0.0814. The maximum atomic E-state index is 13.2. The normalized spacial score (nSPS) is 10.6. The summed E-state index contributed by atoms with van der Waals surface area (Å²) in [6.07, 6.45) is 0. The topological polar surface area (TPSA) is 65.8 Å². The zero-order valence-corrected chi connectivity index (χ0v) is 18.0. The van der Waals surface area contributed by atoms with E-state index in [-0.39, 0.29) is 5.91 Å². The number of ether oxygens (including phenoxy) is 3. The Morgan fingerprint density at radius 1 is 0.900 bits per heavy atom. The van der Waals surface area contributed by atoms with Crippen molar-refractivity contribution in [3.63, 3.8) is 0 Å². The van der Waals surface area contributed by atoms with Crippen LogP contribution in [0.25, 0.3) is 16.9 Å². The number of aromatic nitrogens is 2. The van der Waals surface area contributed by atoms with Crippen molar-refractivity contribution in [1.82, 2.24) is 14.7 Å². The predicted octanol–water partition coefficient (Wildman–Crippen LogP) is 4.05. The lowest BCUT2D eigenvalue weighted by Crippen LogP contribution is -2.32. The molecule has 7 nitrogen and oxygen atoms in total. The molecule has 0 N–H and O–H groups in total. The number of hydrogen-bond acceptors (Lipinski definition) is 5. The van der Waals surface area contributed by atoms with E-state index in [2.05, 4.69) is 0 Å². The van der Waals surface area contributed by atoms with Crippen molar-refractivity contribution < 1.29 is 19.0 Å². The fourth-order valence-electron chi connectivity index (χ4n) is 3.27. The number of nitrogens with zero attached hydrogens (tertiary/aromatic N) is 3. The van der Waals surface area contributed by atoms with E-state index in [4.69, 9.17) is 19.3 Å². The molecule has 7 heteroatoms. The summed E-state index contributed by atoms with van der Waals surface area (Å²) in [7, 11) is 4.82. The Balaban J connectivity index is 2.15. The lowest BCUT2D eigenvalue weighted by atomic mass is 10.1. The summed E-state index contributed by atoms with van der Waals surface area (Å²) in [4.78, 5) is 15.0. The Bertz CT molecular complexity index is 1010. The molecule has 0 saturated heterocycles. The average Bonchev–Trinajstić information content (AvgIpc) is 3.24. The van der Waals surface area contributed by atoms with Gasteiger partial charge in [-0.3, -0.25) is 4.79 Å². The molecule has 158 valence electrons. The van der Waals surface area contributed by atoms with E-state index >= 15 is 0 Å². The van der Waals surface area contributed by atoms with E-state index in [1.807, 2.05) is 50.2 Å². The van der Waals surface area contributed by atoms with Gasteiger partial charge in [-0.05, 0) is 56.3 Å². The van der Waals surface area contributed by atoms with Gasteiger partial charge in [-0.2, -0.15) is 5.10 Å². The molecule has 3 aromatic rings. The highest BCUT2D eigenvalue weighted by Crippen LogP contribution is 2.34. The maximum absolute atomic E-state index is 13.2. The number of carbonyl (C=O) groups is 1. The van der Waals surface area contributed by atoms with Crippen LogP contribution in [0.1, 0.15) is 24.3 Å². The van der Waals surface area contributed by atoms with Gasteiger partial charge in [-0.25, -0.2) is 4.68 Å². The number of methoxy groups -OCH3 is 3. The second-order valence-corrected chi connectivity index (χ2v) is 6.57. The fraction of sp³-hybridized carbons (Fsp3) is 0.304. The molecule has 1 heterocycles. The maximum Gasteiger partial charge on any atom is 0.272 e. The minimum atomic E-state index is -0.0814. The Morgan fingerprint density at radius 3 is 2.10 bits per heavy atom. The molecule has 0 saturated carbocycles. The Hall–Kier alpha value is -3.48. The van der Waals surface area contributed by atoms with E-state index in [1.54, 1.807) is 43.0 Å². The quantitative estimate of drug-likeness (QED) is 0.562. The molecule has 1 aromatic heterocycles. The van der Waals surface area contributed by atoms with E-state index < -0.39 is 0 Å². The molecule has 30 heavy (non-hydrogen) atoms. The third-order valence-electron chi connectivity index (χ3n) is 4.98. The molecular weight excluding hydrogens is 382 g/mol. The monoisotopic (exact) mass is 409 g/mol. The van der Waals surface area contributed by atoms with Gasteiger partial charge in [0.25, 0.3) is 5.91 Å². The van der Waals surface area contributed by atoms with Crippen molar-refractivity contribution in [2.45, 2.75) is 13.8 Å². The first-order valence-corrected chi connectivity index (χ1v) is 9.82.